The van der Waals surface area contributed by atoms with Gasteiger partial charge >= 0.3 is 0 Å². The van der Waals surface area contributed by atoms with Crippen LogP contribution in [0.15, 0.2) is 52.5 Å². The van der Waals surface area contributed by atoms with Crippen LogP contribution in [0.2, 0.25) is 5.02 Å². The Balaban J connectivity index is 2.20. The highest BCUT2D eigenvalue weighted by atomic mass is 35.5. The minimum Gasteiger partial charge on any atom is -0.392 e. The van der Waals surface area contributed by atoms with E-state index in [9.17, 15) is 0 Å². The van der Waals surface area contributed by atoms with Crippen LogP contribution in [0.25, 0.3) is 0 Å². The average Bonchev–Trinajstić information content (AvgIpc) is 2.31. The van der Waals surface area contributed by atoms with Crippen LogP contribution in [0.4, 0.5) is 0 Å². The Morgan fingerprint density at radius 2 is 1.88 bits per heavy atom. The lowest BCUT2D eigenvalue weighted by atomic mass is 10.2. The highest BCUT2D eigenvalue weighted by Gasteiger charge is 2.02. The number of nitrogens with zero attached hydrogens (tertiary/aromatic N) is 1. The molecule has 1 N–H and O–H groups in total. The lowest BCUT2D eigenvalue weighted by Crippen LogP contribution is -1.84. The third-order valence-electron chi connectivity index (χ3n) is 2.08. The highest BCUT2D eigenvalue weighted by Crippen LogP contribution is 2.30. The molecule has 82 valence electrons. The zero-order chi connectivity index (χ0) is 11.4. The first-order chi connectivity index (χ1) is 7.79. The lowest BCUT2D eigenvalue weighted by molar-refractivity contribution is 0.282. The maximum atomic E-state index is 9.00. The summed E-state index contributed by atoms with van der Waals surface area (Å²) in [4.78, 5) is 6.12. The molecule has 0 spiro atoms. The summed E-state index contributed by atoms with van der Waals surface area (Å²) in [6, 6.07) is 9.53. The molecule has 1 aromatic heterocycles. The van der Waals surface area contributed by atoms with Gasteiger partial charge in [-0.2, -0.15) is 0 Å². The van der Waals surface area contributed by atoms with Crippen LogP contribution in [0.3, 0.4) is 0 Å². The molecule has 16 heavy (non-hydrogen) atoms. The van der Waals surface area contributed by atoms with E-state index in [0.717, 1.165) is 15.4 Å². The first-order valence-corrected chi connectivity index (χ1v) is 5.96. The van der Waals surface area contributed by atoms with Gasteiger partial charge in [-0.15, -0.1) is 0 Å². The quantitative estimate of drug-likeness (QED) is 0.908. The second kappa shape index (κ2) is 5.34. The van der Waals surface area contributed by atoms with E-state index in [1.165, 1.54) is 0 Å². The molecular formula is C12H10ClNOS. The Hall–Kier alpha value is -1.03. The fraction of sp³-hybridized carbons (Fsp3) is 0.0833. The summed E-state index contributed by atoms with van der Waals surface area (Å²) in [5.41, 5.74) is 0.751. The third kappa shape index (κ3) is 2.76. The van der Waals surface area contributed by atoms with Crippen LogP contribution in [0.5, 0.6) is 0 Å². The number of hydrogen-bond acceptors (Lipinski definition) is 3. The molecule has 0 saturated carbocycles. The topological polar surface area (TPSA) is 33.1 Å². The van der Waals surface area contributed by atoms with E-state index in [0.29, 0.717) is 5.02 Å². The summed E-state index contributed by atoms with van der Waals surface area (Å²) in [6.07, 6.45) is 3.51. The van der Waals surface area contributed by atoms with Gasteiger partial charge in [0.1, 0.15) is 0 Å². The summed E-state index contributed by atoms with van der Waals surface area (Å²) in [5, 5.41) is 9.60. The number of rotatable bonds is 3. The van der Waals surface area contributed by atoms with E-state index in [2.05, 4.69) is 4.98 Å². The summed E-state index contributed by atoms with van der Waals surface area (Å²) < 4.78 is 0. The van der Waals surface area contributed by atoms with Gasteiger partial charge in [-0.1, -0.05) is 29.4 Å². The first kappa shape index (κ1) is 11.5. The molecule has 0 unspecified atom stereocenters. The number of benzene rings is 1. The van der Waals surface area contributed by atoms with E-state index in [1.807, 2.05) is 30.3 Å². The number of hydrogen-bond donors (Lipinski definition) is 1. The Kier molecular flexibility index (Phi) is 3.83. The van der Waals surface area contributed by atoms with Crippen LogP contribution >= 0.6 is 23.4 Å². The Morgan fingerprint density at radius 1 is 1.12 bits per heavy atom. The third-order valence-corrected chi connectivity index (χ3v) is 3.43. The number of aliphatic hydroxyl groups is 1. The maximum Gasteiger partial charge on any atom is 0.0696 e. The van der Waals surface area contributed by atoms with Crippen LogP contribution in [-0.2, 0) is 6.61 Å². The van der Waals surface area contributed by atoms with Gasteiger partial charge in [0.2, 0.25) is 0 Å². The molecule has 1 aromatic carbocycles. The van der Waals surface area contributed by atoms with Crippen molar-refractivity contribution in [2.24, 2.45) is 0 Å². The predicted molar refractivity (Wildman–Crippen MR) is 65.7 cm³/mol. The molecule has 0 aliphatic heterocycles. The molecule has 0 bridgehead atoms. The van der Waals surface area contributed by atoms with E-state index in [1.54, 1.807) is 24.2 Å². The van der Waals surface area contributed by atoms with Crippen molar-refractivity contribution < 1.29 is 5.11 Å². The minimum atomic E-state index is -0.0287. The normalized spacial score (nSPS) is 10.4. The van der Waals surface area contributed by atoms with Gasteiger partial charge in [-0.3, -0.25) is 4.98 Å². The number of pyridine rings is 1. The fourth-order valence-corrected chi connectivity index (χ4v) is 2.41. The monoisotopic (exact) mass is 251 g/mol. The summed E-state index contributed by atoms with van der Waals surface area (Å²) in [5.74, 6) is 0. The van der Waals surface area contributed by atoms with Crippen molar-refractivity contribution in [2.45, 2.75) is 16.4 Å². The highest BCUT2D eigenvalue weighted by molar-refractivity contribution is 7.99. The number of aliphatic hydroxyl groups excluding tert-OH is 1. The second-order valence-electron chi connectivity index (χ2n) is 3.20. The van der Waals surface area contributed by atoms with Gasteiger partial charge < -0.3 is 5.11 Å². The van der Waals surface area contributed by atoms with Gasteiger partial charge in [-0.25, -0.2) is 0 Å². The average molecular weight is 252 g/mol. The Labute approximate surface area is 103 Å². The van der Waals surface area contributed by atoms with Crippen LogP contribution in [0.1, 0.15) is 5.56 Å². The zero-order valence-corrected chi connectivity index (χ0v) is 10.0. The van der Waals surface area contributed by atoms with Crippen LogP contribution in [-0.4, -0.2) is 10.1 Å². The van der Waals surface area contributed by atoms with Gasteiger partial charge in [0.25, 0.3) is 0 Å². The Bertz CT molecular complexity index is 476. The molecule has 0 saturated heterocycles. The summed E-state index contributed by atoms with van der Waals surface area (Å²) in [7, 11) is 0. The molecule has 0 radical (unpaired) electrons. The van der Waals surface area contributed by atoms with Crippen molar-refractivity contribution >= 4 is 23.4 Å². The van der Waals surface area contributed by atoms with Crippen LogP contribution < -0.4 is 0 Å². The molecule has 0 amide bonds. The van der Waals surface area contributed by atoms with E-state index < -0.39 is 0 Å². The number of aromatic nitrogens is 1. The maximum absolute atomic E-state index is 9.00. The standard InChI is InChI=1S/C12H10ClNOS/c13-12-7-11(2-1-9(12)8-15)16-10-3-5-14-6-4-10/h1-7,15H,8H2. The molecule has 0 aliphatic carbocycles. The molecule has 0 atom stereocenters. The molecule has 1 heterocycles. The van der Waals surface area contributed by atoms with Gasteiger partial charge in [0.15, 0.2) is 0 Å². The molecular weight excluding hydrogens is 242 g/mol. The van der Waals surface area contributed by atoms with Gasteiger partial charge in [-0.05, 0) is 29.8 Å². The lowest BCUT2D eigenvalue weighted by Gasteiger charge is -2.04. The largest absolute Gasteiger partial charge is 0.392 e. The molecule has 0 fully saturated rings. The van der Waals surface area contributed by atoms with E-state index in [4.69, 9.17) is 16.7 Å². The van der Waals surface area contributed by atoms with Crippen molar-refractivity contribution in [1.82, 2.24) is 4.98 Å². The second-order valence-corrected chi connectivity index (χ2v) is 4.75. The van der Waals surface area contributed by atoms with Gasteiger partial charge in [0, 0.05) is 27.2 Å². The van der Waals surface area contributed by atoms with E-state index >= 15 is 0 Å². The van der Waals surface area contributed by atoms with Crippen molar-refractivity contribution in [3.8, 4) is 0 Å². The van der Waals surface area contributed by atoms with Crippen LogP contribution in [0, 0.1) is 0 Å². The Morgan fingerprint density at radius 3 is 2.50 bits per heavy atom. The molecule has 2 nitrogen and oxygen atoms in total. The molecule has 2 rings (SSSR count). The van der Waals surface area contributed by atoms with E-state index in [-0.39, 0.29) is 6.61 Å². The summed E-state index contributed by atoms with van der Waals surface area (Å²) >= 11 is 7.62. The molecule has 2 aromatic rings. The minimum absolute atomic E-state index is 0.0287. The van der Waals surface area contributed by atoms with Crippen molar-refractivity contribution in [2.75, 3.05) is 0 Å². The molecule has 0 aliphatic rings. The summed E-state index contributed by atoms with van der Waals surface area (Å²) in [6.45, 7) is -0.0287. The molecule has 4 heteroatoms. The predicted octanol–water partition coefficient (Wildman–Crippen LogP) is 3.38. The fourth-order valence-electron chi connectivity index (χ4n) is 1.26. The smallest absolute Gasteiger partial charge is 0.0696 e. The van der Waals surface area contributed by atoms with Crippen molar-refractivity contribution in [3.63, 3.8) is 0 Å². The number of halogens is 1. The van der Waals surface area contributed by atoms with Gasteiger partial charge in [0.05, 0.1) is 6.61 Å². The SMILES string of the molecule is OCc1ccc(Sc2ccncc2)cc1Cl. The first-order valence-electron chi connectivity index (χ1n) is 4.77. The zero-order valence-electron chi connectivity index (χ0n) is 8.43. The van der Waals surface area contributed by atoms with Crippen molar-refractivity contribution in [1.29, 1.82) is 0 Å². The van der Waals surface area contributed by atoms with Crippen molar-refractivity contribution in [3.05, 3.63) is 53.3 Å².